The first kappa shape index (κ1) is 20.7. The summed E-state index contributed by atoms with van der Waals surface area (Å²) in [6.45, 7) is 2.91. The third kappa shape index (κ3) is 6.27. The van der Waals surface area contributed by atoms with Gasteiger partial charge in [0.2, 0.25) is 0 Å². The number of hydrogen-bond donors (Lipinski definition) is 2. The van der Waals surface area contributed by atoms with Gasteiger partial charge in [-0.2, -0.15) is 0 Å². The van der Waals surface area contributed by atoms with E-state index in [2.05, 4.69) is 10.9 Å². The van der Waals surface area contributed by atoms with Gasteiger partial charge in [0.15, 0.2) is 0 Å². The van der Waals surface area contributed by atoms with Gasteiger partial charge in [-0.1, -0.05) is 12.1 Å². The van der Waals surface area contributed by atoms with Gasteiger partial charge in [0.25, 0.3) is 11.8 Å². The van der Waals surface area contributed by atoms with Gasteiger partial charge in [-0.15, -0.1) is 0 Å². The molecule has 7 nitrogen and oxygen atoms in total. The van der Waals surface area contributed by atoms with Crippen LogP contribution in [0.5, 0.6) is 11.5 Å². The highest BCUT2D eigenvalue weighted by Crippen LogP contribution is 2.18. The Morgan fingerprint density at radius 1 is 0.933 bits per heavy atom. The van der Waals surface area contributed by atoms with Gasteiger partial charge in [-0.3, -0.25) is 20.4 Å². The Morgan fingerprint density at radius 2 is 1.63 bits per heavy atom. The number of ether oxygens (including phenoxy) is 2. The van der Waals surface area contributed by atoms with E-state index < -0.39 is 11.8 Å². The van der Waals surface area contributed by atoms with Crippen LogP contribution in [0.3, 0.4) is 0 Å². The summed E-state index contributed by atoms with van der Waals surface area (Å²) in [7, 11) is 0. The number of carbonyl (C=O) groups is 2. The molecule has 0 aliphatic rings. The standard InChI is InChI=1S/C23H22N2O5/c1-2-28-20-9-11-21(12-10-20)30-16-17-5-7-18(8-6-17)23(27)25-24-22(26)14-13-19-4-3-15-29-19/h3-15H,2,16H2,1H3,(H,24,26)(H,25,27)/b14-13+. The van der Waals surface area contributed by atoms with Crippen molar-refractivity contribution in [3.8, 4) is 11.5 Å². The van der Waals surface area contributed by atoms with Crippen molar-refractivity contribution in [1.29, 1.82) is 0 Å². The molecule has 3 rings (SSSR count). The molecule has 0 bridgehead atoms. The lowest BCUT2D eigenvalue weighted by atomic mass is 10.1. The normalized spacial score (nSPS) is 10.6. The Balaban J connectivity index is 1.45. The topological polar surface area (TPSA) is 89.8 Å². The summed E-state index contributed by atoms with van der Waals surface area (Å²) >= 11 is 0. The number of benzene rings is 2. The van der Waals surface area contributed by atoms with Crippen LogP contribution >= 0.6 is 0 Å². The second-order valence-electron chi connectivity index (χ2n) is 6.18. The van der Waals surface area contributed by atoms with Crippen molar-refractivity contribution < 1.29 is 23.5 Å². The minimum Gasteiger partial charge on any atom is -0.494 e. The van der Waals surface area contributed by atoms with Crippen LogP contribution in [0.15, 0.2) is 77.4 Å². The molecule has 1 heterocycles. The van der Waals surface area contributed by atoms with E-state index >= 15 is 0 Å². The zero-order valence-electron chi connectivity index (χ0n) is 16.5. The van der Waals surface area contributed by atoms with Crippen molar-refractivity contribution in [3.05, 3.63) is 89.9 Å². The van der Waals surface area contributed by atoms with Gasteiger partial charge in [0, 0.05) is 11.6 Å². The third-order valence-electron chi connectivity index (χ3n) is 4.00. The molecule has 2 N–H and O–H groups in total. The lowest BCUT2D eigenvalue weighted by Crippen LogP contribution is -2.40. The maximum atomic E-state index is 12.1. The van der Waals surface area contributed by atoms with Crippen molar-refractivity contribution in [3.63, 3.8) is 0 Å². The van der Waals surface area contributed by atoms with Crippen LogP contribution in [0.4, 0.5) is 0 Å². The lowest BCUT2D eigenvalue weighted by Gasteiger charge is -2.09. The van der Waals surface area contributed by atoms with E-state index in [1.807, 2.05) is 31.2 Å². The summed E-state index contributed by atoms with van der Waals surface area (Å²) in [5.41, 5.74) is 5.99. The van der Waals surface area contributed by atoms with E-state index in [9.17, 15) is 9.59 Å². The smallest absolute Gasteiger partial charge is 0.269 e. The molecule has 3 aromatic rings. The van der Waals surface area contributed by atoms with Crippen LogP contribution in [-0.4, -0.2) is 18.4 Å². The van der Waals surface area contributed by atoms with Crippen LogP contribution in [0.2, 0.25) is 0 Å². The van der Waals surface area contributed by atoms with Crippen LogP contribution < -0.4 is 20.3 Å². The Bertz CT molecular complexity index is 977. The fourth-order valence-corrected chi connectivity index (χ4v) is 2.49. The van der Waals surface area contributed by atoms with E-state index in [1.165, 1.54) is 18.4 Å². The molecule has 2 amide bonds. The number of rotatable bonds is 8. The molecule has 30 heavy (non-hydrogen) atoms. The molecule has 0 aliphatic carbocycles. The molecule has 0 saturated carbocycles. The summed E-state index contributed by atoms with van der Waals surface area (Å²) in [5, 5.41) is 0. The Hall–Kier alpha value is -4.00. The van der Waals surface area contributed by atoms with Crippen LogP contribution in [0.1, 0.15) is 28.6 Å². The summed E-state index contributed by atoms with van der Waals surface area (Å²) in [5.74, 6) is 1.17. The van der Waals surface area contributed by atoms with Crippen LogP contribution in [0, 0.1) is 0 Å². The molecule has 0 spiro atoms. The maximum absolute atomic E-state index is 12.1. The van der Waals surface area contributed by atoms with E-state index in [0.29, 0.717) is 24.5 Å². The molecule has 154 valence electrons. The molecule has 0 atom stereocenters. The zero-order valence-corrected chi connectivity index (χ0v) is 16.5. The SMILES string of the molecule is CCOc1ccc(OCc2ccc(C(=O)NNC(=O)/C=C/c3ccco3)cc2)cc1. The fourth-order valence-electron chi connectivity index (χ4n) is 2.49. The van der Waals surface area contributed by atoms with Gasteiger partial charge in [0.1, 0.15) is 23.9 Å². The second kappa shape index (κ2) is 10.5. The highest BCUT2D eigenvalue weighted by atomic mass is 16.5. The molecule has 0 saturated heterocycles. The highest BCUT2D eigenvalue weighted by Gasteiger charge is 2.06. The van der Waals surface area contributed by atoms with Gasteiger partial charge in [-0.05, 0) is 67.1 Å². The monoisotopic (exact) mass is 406 g/mol. The maximum Gasteiger partial charge on any atom is 0.269 e. The third-order valence-corrected chi connectivity index (χ3v) is 4.00. The minimum atomic E-state index is -0.472. The molecule has 0 radical (unpaired) electrons. The first-order chi connectivity index (χ1) is 14.6. The van der Waals surface area contributed by atoms with E-state index in [4.69, 9.17) is 13.9 Å². The Labute approximate surface area is 174 Å². The predicted molar refractivity (Wildman–Crippen MR) is 112 cm³/mol. The number of nitrogens with one attached hydrogen (secondary N) is 2. The number of carbonyl (C=O) groups excluding carboxylic acids is 2. The average Bonchev–Trinajstić information content (AvgIpc) is 3.30. The Kier molecular flexibility index (Phi) is 7.27. The van der Waals surface area contributed by atoms with Crippen molar-refractivity contribution in [1.82, 2.24) is 10.9 Å². The van der Waals surface area contributed by atoms with Gasteiger partial charge in [0.05, 0.1) is 12.9 Å². The molecule has 2 aromatic carbocycles. The number of amides is 2. The molecular weight excluding hydrogens is 384 g/mol. The van der Waals surface area contributed by atoms with Crippen molar-refractivity contribution in [2.45, 2.75) is 13.5 Å². The zero-order chi connectivity index (χ0) is 21.2. The quantitative estimate of drug-likeness (QED) is 0.439. The first-order valence-electron chi connectivity index (χ1n) is 9.40. The molecule has 0 fully saturated rings. The van der Waals surface area contributed by atoms with E-state index in [1.54, 1.807) is 36.4 Å². The Morgan fingerprint density at radius 3 is 2.27 bits per heavy atom. The van der Waals surface area contributed by atoms with E-state index in [0.717, 1.165) is 17.1 Å². The molecular formula is C23H22N2O5. The minimum absolute atomic E-state index is 0.365. The van der Waals surface area contributed by atoms with Gasteiger partial charge in [-0.25, -0.2) is 0 Å². The number of furan rings is 1. The second-order valence-corrected chi connectivity index (χ2v) is 6.18. The largest absolute Gasteiger partial charge is 0.494 e. The number of hydrogen-bond acceptors (Lipinski definition) is 5. The average molecular weight is 406 g/mol. The summed E-state index contributed by atoms with van der Waals surface area (Å²) in [4.78, 5) is 23.9. The van der Waals surface area contributed by atoms with Gasteiger partial charge < -0.3 is 13.9 Å². The number of hydrazine groups is 1. The first-order valence-corrected chi connectivity index (χ1v) is 9.40. The molecule has 0 unspecified atom stereocenters. The van der Waals surface area contributed by atoms with Crippen molar-refractivity contribution in [2.24, 2.45) is 0 Å². The fraction of sp³-hybridized carbons (Fsp3) is 0.130. The molecule has 0 aliphatic heterocycles. The summed E-state index contributed by atoms with van der Waals surface area (Å²) in [6, 6.07) is 17.7. The molecule has 1 aromatic heterocycles. The van der Waals surface area contributed by atoms with Crippen LogP contribution in [-0.2, 0) is 11.4 Å². The predicted octanol–water partition coefficient (Wildman–Crippen LogP) is 3.73. The van der Waals surface area contributed by atoms with E-state index in [-0.39, 0.29) is 0 Å². The van der Waals surface area contributed by atoms with Crippen LogP contribution in [0.25, 0.3) is 6.08 Å². The summed E-state index contributed by atoms with van der Waals surface area (Å²) in [6.07, 6.45) is 4.27. The molecule has 7 heteroatoms. The summed E-state index contributed by atoms with van der Waals surface area (Å²) < 4.78 is 16.2. The van der Waals surface area contributed by atoms with Crippen molar-refractivity contribution >= 4 is 17.9 Å². The lowest BCUT2D eigenvalue weighted by molar-refractivity contribution is -0.117. The van der Waals surface area contributed by atoms with Crippen molar-refractivity contribution in [2.75, 3.05) is 6.61 Å². The van der Waals surface area contributed by atoms with Gasteiger partial charge >= 0.3 is 0 Å². The highest BCUT2D eigenvalue weighted by molar-refractivity contribution is 5.97.